The second kappa shape index (κ2) is 4.85. The summed E-state index contributed by atoms with van der Waals surface area (Å²) in [7, 11) is 0. The van der Waals surface area contributed by atoms with E-state index in [0.29, 0.717) is 0 Å². The minimum atomic E-state index is -4.47. The van der Waals surface area contributed by atoms with Crippen molar-refractivity contribution in [1.29, 1.82) is 0 Å². The van der Waals surface area contributed by atoms with Crippen LogP contribution in [0, 0.1) is 12.7 Å². The Kier molecular flexibility index (Phi) is 3.54. The van der Waals surface area contributed by atoms with Gasteiger partial charge in [-0.2, -0.15) is 13.2 Å². The molecule has 0 fully saturated rings. The third kappa shape index (κ3) is 2.73. The smallest absolute Gasteiger partial charge is 0.205 e. The molecule has 0 N–H and O–H groups in total. The van der Waals surface area contributed by atoms with Gasteiger partial charge in [-0.15, -0.1) is 0 Å². The number of hydrogen-bond acceptors (Lipinski definition) is 0. The number of alkyl halides is 3. The predicted molar refractivity (Wildman–Crippen MR) is 66.6 cm³/mol. The largest absolute Gasteiger partial charge is 0.417 e. The van der Waals surface area contributed by atoms with E-state index in [4.69, 9.17) is 11.6 Å². The van der Waals surface area contributed by atoms with Crippen LogP contribution >= 0.6 is 11.6 Å². The molecule has 0 saturated heterocycles. The van der Waals surface area contributed by atoms with Crippen molar-refractivity contribution in [2.75, 3.05) is 0 Å². The van der Waals surface area contributed by atoms with Crippen LogP contribution in [0.4, 0.5) is 17.6 Å². The summed E-state index contributed by atoms with van der Waals surface area (Å²) < 4.78 is 52.3. The lowest BCUT2D eigenvalue weighted by molar-refractivity contribution is -0.137. The molecule has 0 saturated carbocycles. The zero-order chi connectivity index (χ0) is 14.2. The van der Waals surface area contributed by atoms with E-state index in [1.54, 1.807) is 0 Å². The molecule has 0 aromatic heterocycles. The normalized spacial score (nSPS) is 11.7. The fourth-order valence-electron chi connectivity index (χ4n) is 1.95. The van der Waals surface area contributed by atoms with Crippen LogP contribution in [-0.4, -0.2) is 0 Å². The van der Waals surface area contributed by atoms with E-state index >= 15 is 0 Å². The standard InChI is InChI=1S/C14H9ClF4/c1-8-3-2-4-10(13(8)14(17,18)19)9-5-6-12(16)11(15)7-9/h2-7H,1H3. The van der Waals surface area contributed by atoms with Gasteiger partial charge in [-0.05, 0) is 35.7 Å². The van der Waals surface area contributed by atoms with Crippen LogP contribution in [0.5, 0.6) is 0 Å². The van der Waals surface area contributed by atoms with Crippen LogP contribution in [0.15, 0.2) is 36.4 Å². The van der Waals surface area contributed by atoms with E-state index in [0.717, 1.165) is 6.07 Å². The van der Waals surface area contributed by atoms with Crippen LogP contribution in [0.25, 0.3) is 11.1 Å². The molecule has 5 heteroatoms. The average molecular weight is 289 g/mol. The van der Waals surface area contributed by atoms with Crippen molar-refractivity contribution in [3.8, 4) is 11.1 Å². The first kappa shape index (κ1) is 13.9. The van der Waals surface area contributed by atoms with E-state index in [1.807, 2.05) is 0 Å². The molecule has 2 aromatic carbocycles. The number of hydrogen-bond donors (Lipinski definition) is 0. The molecular weight excluding hydrogens is 280 g/mol. The van der Waals surface area contributed by atoms with Crippen LogP contribution in [0.3, 0.4) is 0 Å². The second-order valence-electron chi connectivity index (χ2n) is 4.12. The predicted octanol–water partition coefficient (Wildman–Crippen LogP) is 5.47. The summed E-state index contributed by atoms with van der Waals surface area (Å²) in [5.41, 5.74) is -0.375. The van der Waals surface area contributed by atoms with E-state index in [1.165, 1.54) is 37.3 Å². The van der Waals surface area contributed by atoms with Crippen molar-refractivity contribution in [3.05, 3.63) is 58.4 Å². The molecule has 100 valence electrons. The van der Waals surface area contributed by atoms with Crippen LogP contribution in [0.1, 0.15) is 11.1 Å². The molecule has 0 unspecified atom stereocenters. The van der Waals surface area contributed by atoms with Crippen LogP contribution < -0.4 is 0 Å². The first-order valence-corrected chi connectivity index (χ1v) is 5.80. The SMILES string of the molecule is Cc1cccc(-c2ccc(F)c(Cl)c2)c1C(F)(F)F. The van der Waals surface area contributed by atoms with Crippen molar-refractivity contribution in [1.82, 2.24) is 0 Å². The number of benzene rings is 2. The second-order valence-corrected chi connectivity index (χ2v) is 4.53. The van der Waals surface area contributed by atoms with Crippen molar-refractivity contribution in [2.24, 2.45) is 0 Å². The molecule has 0 aliphatic rings. The highest BCUT2D eigenvalue weighted by atomic mass is 35.5. The molecule has 0 aliphatic heterocycles. The van der Waals surface area contributed by atoms with Crippen molar-refractivity contribution < 1.29 is 17.6 Å². The Labute approximate surface area is 112 Å². The Bertz CT molecular complexity index is 617. The number of rotatable bonds is 1. The highest BCUT2D eigenvalue weighted by Gasteiger charge is 2.35. The molecule has 2 aromatic rings. The van der Waals surface area contributed by atoms with Gasteiger partial charge in [0.25, 0.3) is 0 Å². The van der Waals surface area contributed by atoms with Gasteiger partial charge >= 0.3 is 6.18 Å². The van der Waals surface area contributed by atoms with Gasteiger partial charge in [-0.3, -0.25) is 0 Å². The average Bonchev–Trinajstić information content (AvgIpc) is 2.30. The van der Waals surface area contributed by atoms with Gasteiger partial charge < -0.3 is 0 Å². The molecule has 0 heterocycles. The van der Waals surface area contributed by atoms with E-state index in [2.05, 4.69) is 0 Å². The maximum Gasteiger partial charge on any atom is 0.417 e. The third-order valence-corrected chi connectivity index (χ3v) is 3.08. The van der Waals surface area contributed by atoms with E-state index in [-0.39, 0.29) is 21.7 Å². The summed E-state index contributed by atoms with van der Waals surface area (Å²) in [5, 5.41) is -0.202. The topological polar surface area (TPSA) is 0 Å². The molecule has 0 bridgehead atoms. The van der Waals surface area contributed by atoms with Crippen LogP contribution in [0.2, 0.25) is 5.02 Å². The van der Waals surface area contributed by atoms with Crippen LogP contribution in [-0.2, 0) is 6.18 Å². The molecule has 0 aliphatic carbocycles. The number of aryl methyl sites for hydroxylation is 1. The van der Waals surface area contributed by atoms with Crippen molar-refractivity contribution >= 4 is 11.6 Å². The molecule has 0 atom stereocenters. The summed E-state index contributed by atoms with van der Waals surface area (Å²) in [4.78, 5) is 0. The Morgan fingerprint density at radius 1 is 1.05 bits per heavy atom. The zero-order valence-electron chi connectivity index (χ0n) is 9.85. The first-order valence-electron chi connectivity index (χ1n) is 5.43. The van der Waals surface area contributed by atoms with Gasteiger partial charge in [0.15, 0.2) is 0 Å². The van der Waals surface area contributed by atoms with Crippen molar-refractivity contribution in [3.63, 3.8) is 0 Å². The maximum absolute atomic E-state index is 13.1. The maximum atomic E-state index is 13.1. The summed E-state index contributed by atoms with van der Waals surface area (Å²) in [6, 6.07) is 7.79. The molecule has 0 spiro atoms. The Hall–Kier alpha value is -1.55. The van der Waals surface area contributed by atoms with Gasteiger partial charge in [0.2, 0.25) is 0 Å². The lowest BCUT2D eigenvalue weighted by atomic mass is 9.95. The Morgan fingerprint density at radius 2 is 1.74 bits per heavy atom. The van der Waals surface area contributed by atoms with Gasteiger partial charge in [-0.1, -0.05) is 35.9 Å². The molecule has 0 amide bonds. The summed E-state index contributed by atoms with van der Waals surface area (Å²) in [5.74, 6) is -0.661. The molecule has 0 nitrogen and oxygen atoms in total. The quantitative estimate of drug-likeness (QED) is 0.610. The Morgan fingerprint density at radius 3 is 2.32 bits per heavy atom. The minimum absolute atomic E-state index is 0.00519. The first-order chi connectivity index (χ1) is 8.80. The van der Waals surface area contributed by atoms with Gasteiger partial charge in [0, 0.05) is 0 Å². The minimum Gasteiger partial charge on any atom is -0.205 e. The van der Waals surface area contributed by atoms with E-state index in [9.17, 15) is 17.6 Å². The highest BCUT2D eigenvalue weighted by molar-refractivity contribution is 6.31. The summed E-state index contributed by atoms with van der Waals surface area (Å²) in [6.07, 6.45) is -4.47. The molecule has 19 heavy (non-hydrogen) atoms. The Balaban J connectivity index is 2.69. The highest BCUT2D eigenvalue weighted by Crippen LogP contribution is 2.39. The fraction of sp³-hybridized carbons (Fsp3) is 0.143. The van der Waals surface area contributed by atoms with Gasteiger partial charge in [0.1, 0.15) is 5.82 Å². The molecule has 2 rings (SSSR count). The molecular formula is C14H9ClF4. The lowest BCUT2D eigenvalue weighted by Crippen LogP contribution is -2.09. The lowest BCUT2D eigenvalue weighted by Gasteiger charge is -2.16. The summed E-state index contributed by atoms with van der Waals surface area (Å²) >= 11 is 5.61. The number of halogens is 5. The van der Waals surface area contributed by atoms with Gasteiger partial charge in [-0.25, -0.2) is 4.39 Å². The monoisotopic (exact) mass is 288 g/mol. The van der Waals surface area contributed by atoms with Gasteiger partial charge in [0.05, 0.1) is 10.6 Å². The van der Waals surface area contributed by atoms with E-state index < -0.39 is 17.6 Å². The zero-order valence-corrected chi connectivity index (χ0v) is 10.6. The molecule has 0 radical (unpaired) electrons. The van der Waals surface area contributed by atoms with Crippen molar-refractivity contribution in [2.45, 2.75) is 13.1 Å². The fourth-order valence-corrected chi connectivity index (χ4v) is 2.13. The third-order valence-electron chi connectivity index (χ3n) is 2.79. The summed E-state index contributed by atoms with van der Waals surface area (Å²) in [6.45, 7) is 1.39.